The molecule has 2 aromatic heterocycles. The van der Waals surface area contributed by atoms with Crippen molar-refractivity contribution in [2.75, 3.05) is 0 Å². The van der Waals surface area contributed by atoms with Gasteiger partial charge < -0.3 is 14.9 Å². The summed E-state index contributed by atoms with van der Waals surface area (Å²) in [5.74, 6) is 0.0772. The molecule has 1 atom stereocenters. The van der Waals surface area contributed by atoms with Crippen molar-refractivity contribution >= 4 is 5.91 Å². The van der Waals surface area contributed by atoms with Crippen LogP contribution in [0.1, 0.15) is 37.8 Å². The Balaban J connectivity index is 1.85. The molecular formula is C14H20N4O. The molecular weight excluding hydrogens is 240 g/mol. The highest BCUT2D eigenvalue weighted by Gasteiger charge is 2.14. The highest BCUT2D eigenvalue weighted by atomic mass is 16.1. The van der Waals surface area contributed by atoms with E-state index in [9.17, 15) is 4.79 Å². The summed E-state index contributed by atoms with van der Waals surface area (Å²) in [5, 5.41) is 2.94. The van der Waals surface area contributed by atoms with E-state index in [0.717, 1.165) is 18.4 Å². The highest BCUT2D eigenvalue weighted by Crippen LogP contribution is 2.17. The third kappa shape index (κ3) is 3.98. The van der Waals surface area contributed by atoms with Crippen LogP contribution in [0, 0.1) is 0 Å². The van der Waals surface area contributed by atoms with Crippen molar-refractivity contribution in [2.24, 2.45) is 0 Å². The third-order valence-electron chi connectivity index (χ3n) is 3.14. The zero-order valence-electron chi connectivity index (χ0n) is 11.2. The minimum Gasteiger partial charge on any atom is -0.367 e. The van der Waals surface area contributed by atoms with Crippen molar-refractivity contribution in [1.82, 2.24) is 19.9 Å². The smallest absolute Gasteiger partial charge is 0.222 e. The zero-order valence-corrected chi connectivity index (χ0v) is 11.2. The van der Waals surface area contributed by atoms with Gasteiger partial charge in [-0.05, 0) is 18.1 Å². The van der Waals surface area contributed by atoms with Crippen LogP contribution in [0.3, 0.4) is 0 Å². The number of hydrogen-bond donors (Lipinski definition) is 2. The van der Waals surface area contributed by atoms with Crippen LogP contribution in [0.15, 0.2) is 37.2 Å². The number of rotatable bonds is 7. The van der Waals surface area contributed by atoms with Gasteiger partial charge in [0.1, 0.15) is 0 Å². The Hall–Kier alpha value is -2.04. The molecule has 2 rings (SSSR count). The largest absolute Gasteiger partial charge is 0.367 e. The number of carbonyl (C=O) groups is 1. The summed E-state index contributed by atoms with van der Waals surface area (Å²) in [5.41, 5.74) is 1.09. The van der Waals surface area contributed by atoms with Gasteiger partial charge in [-0.25, -0.2) is 4.98 Å². The molecule has 19 heavy (non-hydrogen) atoms. The molecule has 0 saturated heterocycles. The van der Waals surface area contributed by atoms with E-state index in [4.69, 9.17) is 0 Å². The van der Waals surface area contributed by atoms with Gasteiger partial charge in [-0.1, -0.05) is 13.3 Å². The molecule has 0 radical (unpaired) electrons. The number of nitrogens with zero attached hydrogens (tertiary/aromatic N) is 2. The number of hydrogen-bond acceptors (Lipinski definition) is 2. The van der Waals surface area contributed by atoms with E-state index < -0.39 is 0 Å². The minimum absolute atomic E-state index is 0.0772. The van der Waals surface area contributed by atoms with E-state index in [2.05, 4.69) is 22.2 Å². The van der Waals surface area contributed by atoms with Crippen LogP contribution in [0.2, 0.25) is 0 Å². The van der Waals surface area contributed by atoms with Crippen molar-refractivity contribution < 1.29 is 4.79 Å². The average molecular weight is 260 g/mol. The first-order chi connectivity index (χ1) is 9.29. The van der Waals surface area contributed by atoms with E-state index >= 15 is 0 Å². The summed E-state index contributed by atoms with van der Waals surface area (Å²) in [6.07, 6.45) is 11.7. The van der Waals surface area contributed by atoms with Gasteiger partial charge in [0, 0.05) is 43.8 Å². The molecule has 5 nitrogen and oxygen atoms in total. The molecule has 0 spiro atoms. The van der Waals surface area contributed by atoms with Gasteiger partial charge in [0.25, 0.3) is 0 Å². The van der Waals surface area contributed by atoms with Crippen molar-refractivity contribution in [3.8, 4) is 0 Å². The first-order valence-electron chi connectivity index (χ1n) is 6.65. The number of carbonyl (C=O) groups excluding carboxylic acids is 1. The van der Waals surface area contributed by atoms with Crippen LogP contribution in [-0.2, 0) is 11.3 Å². The molecule has 0 aromatic carbocycles. The van der Waals surface area contributed by atoms with Gasteiger partial charge in [0.2, 0.25) is 5.91 Å². The molecule has 1 amide bonds. The van der Waals surface area contributed by atoms with E-state index in [1.807, 2.05) is 29.2 Å². The Morgan fingerprint density at radius 1 is 1.58 bits per heavy atom. The molecule has 0 aliphatic heterocycles. The van der Waals surface area contributed by atoms with E-state index in [1.54, 1.807) is 12.5 Å². The molecule has 0 saturated carbocycles. The lowest BCUT2D eigenvalue weighted by atomic mass is 10.1. The van der Waals surface area contributed by atoms with Crippen LogP contribution in [-0.4, -0.2) is 20.4 Å². The number of aromatic nitrogens is 3. The summed E-state index contributed by atoms with van der Waals surface area (Å²) in [6, 6.07) is 2.15. The van der Waals surface area contributed by atoms with E-state index in [0.29, 0.717) is 13.0 Å². The maximum absolute atomic E-state index is 12.0. The number of imidazole rings is 1. The fourth-order valence-electron chi connectivity index (χ4n) is 2.13. The lowest BCUT2D eigenvalue weighted by molar-refractivity contribution is -0.122. The van der Waals surface area contributed by atoms with Crippen LogP contribution in [0.4, 0.5) is 0 Å². The lowest BCUT2D eigenvalue weighted by Crippen LogP contribution is -2.25. The molecule has 2 N–H and O–H groups in total. The molecule has 1 unspecified atom stereocenters. The monoisotopic (exact) mass is 260 g/mol. The van der Waals surface area contributed by atoms with Gasteiger partial charge in [-0.15, -0.1) is 0 Å². The van der Waals surface area contributed by atoms with Crippen molar-refractivity contribution in [1.29, 1.82) is 0 Å². The average Bonchev–Trinajstić information content (AvgIpc) is 3.09. The van der Waals surface area contributed by atoms with E-state index in [1.165, 1.54) is 0 Å². The fraction of sp³-hybridized carbons (Fsp3) is 0.429. The van der Waals surface area contributed by atoms with Crippen LogP contribution < -0.4 is 5.32 Å². The second kappa shape index (κ2) is 6.78. The number of amides is 1. The molecule has 0 fully saturated rings. The van der Waals surface area contributed by atoms with Gasteiger partial charge in [-0.3, -0.25) is 4.79 Å². The number of nitrogens with one attached hydrogen (secondary N) is 2. The predicted molar refractivity (Wildman–Crippen MR) is 73.4 cm³/mol. The summed E-state index contributed by atoms with van der Waals surface area (Å²) in [7, 11) is 0. The Morgan fingerprint density at radius 2 is 2.47 bits per heavy atom. The Kier molecular flexibility index (Phi) is 4.78. The second-order valence-electron chi connectivity index (χ2n) is 4.65. The molecule has 0 bridgehead atoms. The fourth-order valence-corrected chi connectivity index (χ4v) is 2.13. The van der Waals surface area contributed by atoms with Crippen LogP contribution >= 0.6 is 0 Å². The van der Waals surface area contributed by atoms with Crippen LogP contribution in [0.5, 0.6) is 0 Å². The van der Waals surface area contributed by atoms with Crippen molar-refractivity contribution in [3.63, 3.8) is 0 Å². The maximum Gasteiger partial charge on any atom is 0.222 e. The summed E-state index contributed by atoms with van der Waals surface area (Å²) >= 11 is 0. The van der Waals surface area contributed by atoms with Gasteiger partial charge in [0.05, 0.1) is 6.33 Å². The Labute approximate surface area is 113 Å². The SMILES string of the molecule is CCCC(CC(=O)NCc1cc[nH]c1)n1ccnc1. The van der Waals surface area contributed by atoms with Crippen molar-refractivity contribution in [2.45, 2.75) is 38.8 Å². The highest BCUT2D eigenvalue weighted by molar-refractivity contribution is 5.76. The second-order valence-corrected chi connectivity index (χ2v) is 4.65. The quantitative estimate of drug-likeness (QED) is 0.802. The number of H-pyrrole nitrogens is 1. The Morgan fingerprint density at radius 3 is 3.11 bits per heavy atom. The zero-order chi connectivity index (χ0) is 13.5. The first-order valence-corrected chi connectivity index (χ1v) is 6.65. The number of aromatic amines is 1. The molecule has 102 valence electrons. The Bertz CT molecular complexity index is 476. The van der Waals surface area contributed by atoms with Crippen molar-refractivity contribution in [3.05, 3.63) is 42.7 Å². The molecule has 0 aliphatic rings. The predicted octanol–water partition coefficient (Wildman–Crippen LogP) is 2.26. The molecule has 5 heteroatoms. The van der Waals surface area contributed by atoms with Gasteiger partial charge in [-0.2, -0.15) is 0 Å². The molecule has 0 aliphatic carbocycles. The van der Waals surface area contributed by atoms with Gasteiger partial charge >= 0.3 is 0 Å². The van der Waals surface area contributed by atoms with Crippen LogP contribution in [0.25, 0.3) is 0 Å². The minimum atomic E-state index is 0.0772. The van der Waals surface area contributed by atoms with Gasteiger partial charge in [0.15, 0.2) is 0 Å². The third-order valence-corrected chi connectivity index (χ3v) is 3.14. The maximum atomic E-state index is 12.0. The molecule has 2 heterocycles. The molecule has 2 aromatic rings. The summed E-state index contributed by atoms with van der Waals surface area (Å²) < 4.78 is 2.01. The first kappa shape index (κ1) is 13.4. The summed E-state index contributed by atoms with van der Waals surface area (Å²) in [4.78, 5) is 19.0. The standard InChI is InChI=1S/C14H20N4O/c1-2-3-13(18-7-6-16-11-18)8-14(19)17-10-12-4-5-15-9-12/h4-7,9,11,13,15H,2-3,8,10H2,1H3,(H,17,19). The summed E-state index contributed by atoms with van der Waals surface area (Å²) in [6.45, 7) is 2.70. The lowest BCUT2D eigenvalue weighted by Gasteiger charge is -2.17. The normalized spacial score (nSPS) is 12.3. The van der Waals surface area contributed by atoms with E-state index in [-0.39, 0.29) is 11.9 Å². The topological polar surface area (TPSA) is 62.7 Å².